The lowest BCUT2D eigenvalue weighted by Crippen LogP contribution is -2.32. The van der Waals surface area contributed by atoms with Gasteiger partial charge in [0.05, 0.1) is 17.9 Å². The summed E-state index contributed by atoms with van der Waals surface area (Å²) in [6, 6.07) is 0.420. The predicted octanol–water partition coefficient (Wildman–Crippen LogP) is 2.15. The molecule has 5 nitrogen and oxygen atoms in total. The van der Waals surface area contributed by atoms with Gasteiger partial charge in [-0.1, -0.05) is 0 Å². The molecule has 0 amide bonds. The largest absolute Gasteiger partial charge is 0.369 e. The second kappa shape index (κ2) is 5.72. The fourth-order valence-electron chi connectivity index (χ4n) is 3.69. The molecule has 2 heterocycles. The highest BCUT2D eigenvalue weighted by molar-refractivity contribution is 9.10. The summed E-state index contributed by atoms with van der Waals surface area (Å²) >= 11 is 3.48. The molecule has 1 saturated carbocycles. The highest BCUT2D eigenvalue weighted by Gasteiger charge is 2.37. The minimum Gasteiger partial charge on any atom is -0.369 e. The number of halogens is 1. The average Bonchev–Trinajstić information content (AvgIpc) is 2.83. The fourth-order valence-corrected chi connectivity index (χ4v) is 4.22. The van der Waals surface area contributed by atoms with Crippen molar-refractivity contribution < 1.29 is 0 Å². The topological polar surface area (TPSA) is 64.2 Å². The van der Waals surface area contributed by atoms with Crippen LogP contribution in [0.25, 0.3) is 0 Å². The first kappa shape index (κ1) is 15.0. The van der Waals surface area contributed by atoms with E-state index < -0.39 is 0 Å². The minimum atomic E-state index is -0.0472. The highest BCUT2D eigenvalue weighted by Crippen LogP contribution is 2.38. The molecule has 2 aliphatic rings. The van der Waals surface area contributed by atoms with E-state index in [2.05, 4.69) is 25.9 Å². The monoisotopic (exact) mass is 354 g/mol. The maximum absolute atomic E-state index is 12.4. The van der Waals surface area contributed by atoms with Gasteiger partial charge in [-0.05, 0) is 60.9 Å². The Bertz CT molecular complexity index is 586. The Balaban J connectivity index is 1.85. The Morgan fingerprint density at radius 2 is 2.05 bits per heavy atom. The van der Waals surface area contributed by atoms with Crippen LogP contribution in [0.1, 0.15) is 39.2 Å². The van der Waals surface area contributed by atoms with Crippen molar-refractivity contribution in [1.82, 2.24) is 9.78 Å². The molecule has 2 fully saturated rings. The molecular formula is C15H23BrN4O. The molecule has 1 saturated heterocycles. The quantitative estimate of drug-likeness (QED) is 0.883. The van der Waals surface area contributed by atoms with E-state index in [0.717, 1.165) is 31.6 Å². The number of hydrogen-bond acceptors (Lipinski definition) is 4. The summed E-state index contributed by atoms with van der Waals surface area (Å²) in [7, 11) is 0. The van der Waals surface area contributed by atoms with Crippen LogP contribution >= 0.6 is 15.9 Å². The molecule has 0 aromatic carbocycles. The van der Waals surface area contributed by atoms with Crippen molar-refractivity contribution in [1.29, 1.82) is 0 Å². The van der Waals surface area contributed by atoms with E-state index in [1.807, 2.05) is 20.0 Å². The molecule has 1 unspecified atom stereocenters. The average molecular weight is 355 g/mol. The van der Waals surface area contributed by atoms with Gasteiger partial charge in [-0.25, -0.2) is 4.68 Å². The van der Waals surface area contributed by atoms with Crippen LogP contribution in [-0.4, -0.2) is 28.9 Å². The summed E-state index contributed by atoms with van der Waals surface area (Å²) in [5, 5.41) is 4.32. The normalized spacial score (nSPS) is 29.0. The molecule has 2 N–H and O–H groups in total. The maximum atomic E-state index is 12.4. The van der Waals surface area contributed by atoms with Crippen molar-refractivity contribution in [2.24, 2.45) is 17.6 Å². The van der Waals surface area contributed by atoms with E-state index in [1.54, 1.807) is 0 Å². The van der Waals surface area contributed by atoms with Crippen molar-refractivity contribution in [2.75, 3.05) is 18.0 Å². The minimum absolute atomic E-state index is 0.0472. The van der Waals surface area contributed by atoms with Gasteiger partial charge < -0.3 is 10.6 Å². The van der Waals surface area contributed by atoms with Crippen molar-refractivity contribution in [3.63, 3.8) is 0 Å². The van der Waals surface area contributed by atoms with E-state index in [0.29, 0.717) is 22.4 Å². The first-order chi connectivity index (χ1) is 9.97. The lowest BCUT2D eigenvalue weighted by molar-refractivity contribution is 0.271. The van der Waals surface area contributed by atoms with E-state index >= 15 is 0 Å². The van der Waals surface area contributed by atoms with E-state index in [4.69, 9.17) is 5.73 Å². The molecule has 1 aliphatic carbocycles. The van der Waals surface area contributed by atoms with Crippen LogP contribution in [0, 0.1) is 11.8 Å². The number of rotatable bonds is 2. The molecule has 21 heavy (non-hydrogen) atoms. The Labute approximate surface area is 133 Å². The molecule has 0 radical (unpaired) electrons. The molecule has 6 heteroatoms. The second-order valence-electron chi connectivity index (χ2n) is 6.69. The van der Waals surface area contributed by atoms with Crippen LogP contribution in [0.2, 0.25) is 0 Å². The second-order valence-corrected chi connectivity index (χ2v) is 7.48. The number of aromatic nitrogens is 2. The Morgan fingerprint density at radius 1 is 1.33 bits per heavy atom. The number of anilines is 1. The number of nitrogens with zero attached hydrogens (tertiary/aromatic N) is 3. The van der Waals surface area contributed by atoms with Gasteiger partial charge in [-0.2, -0.15) is 5.10 Å². The summed E-state index contributed by atoms with van der Waals surface area (Å²) in [6.45, 7) is 5.94. The van der Waals surface area contributed by atoms with Crippen LogP contribution in [0.15, 0.2) is 15.5 Å². The first-order valence-electron chi connectivity index (χ1n) is 7.75. The zero-order valence-electron chi connectivity index (χ0n) is 12.6. The predicted molar refractivity (Wildman–Crippen MR) is 87.6 cm³/mol. The van der Waals surface area contributed by atoms with Gasteiger partial charge >= 0.3 is 0 Å². The van der Waals surface area contributed by atoms with Crippen molar-refractivity contribution in [2.45, 2.75) is 45.2 Å². The summed E-state index contributed by atoms with van der Waals surface area (Å²) < 4.78 is 2.15. The lowest BCUT2D eigenvalue weighted by Gasteiger charge is -2.27. The van der Waals surface area contributed by atoms with Crippen molar-refractivity contribution in [3.8, 4) is 0 Å². The number of nitrogens with two attached hydrogens (primary N) is 1. The molecule has 1 aromatic heterocycles. The summed E-state index contributed by atoms with van der Waals surface area (Å²) in [5.74, 6) is 1.37. The first-order valence-corrected chi connectivity index (χ1v) is 8.54. The molecule has 1 aliphatic heterocycles. The van der Waals surface area contributed by atoms with Crippen LogP contribution in [0.3, 0.4) is 0 Å². The van der Waals surface area contributed by atoms with Gasteiger partial charge in [-0.15, -0.1) is 0 Å². The van der Waals surface area contributed by atoms with Gasteiger partial charge in [0.1, 0.15) is 4.47 Å². The standard InChI is InChI=1S/C15H23BrN4O/c1-9(2)20-15(21)14(16)13(6-18-20)19-7-10-3-4-12(17)5-11(10)8-19/h6,9-12H,3-5,7-8,17H2,1-2H3/t10-,11+,12?/m1/s1. The number of hydrogen-bond donors (Lipinski definition) is 1. The third-order valence-electron chi connectivity index (χ3n) is 4.85. The molecule has 116 valence electrons. The van der Waals surface area contributed by atoms with Gasteiger partial charge in [0.2, 0.25) is 0 Å². The Morgan fingerprint density at radius 3 is 2.76 bits per heavy atom. The van der Waals surface area contributed by atoms with Gasteiger partial charge in [0.15, 0.2) is 0 Å². The van der Waals surface area contributed by atoms with Crippen molar-refractivity contribution >= 4 is 21.6 Å². The van der Waals surface area contributed by atoms with E-state index in [-0.39, 0.29) is 11.6 Å². The Hall–Kier alpha value is -0.880. The summed E-state index contributed by atoms with van der Waals surface area (Å²) in [4.78, 5) is 14.7. The smallest absolute Gasteiger partial charge is 0.283 e. The third kappa shape index (κ3) is 2.75. The SMILES string of the molecule is CC(C)n1ncc(N2C[C@H]3CCC(N)C[C@H]3C2)c(Br)c1=O. The van der Waals surface area contributed by atoms with Crippen LogP contribution in [0.5, 0.6) is 0 Å². The molecule has 3 atom stereocenters. The van der Waals surface area contributed by atoms with Crippen LogP contribution < -0.4 is 16.2 Å². The van der Waals surface area contributed by atoms with Gasteiger partial charge in [0, 0.05) is 19.1 Å². The van der Waals surface area contributed by atoms with E-state index in [1.165, 1.54) is 11.1 Å². The molecule has 1 aromatic rings. The molecule has 0 spiro atoms. The summed E-state index contributed by atoms with van der Waals surface area (Å²) in [6.07, 6.45) is 5.26. The number of fused-ring (bicyclic) bond motifs is 1. The lowest BCUT2D eigenvalue weighted by atomic mass is 9.79. The van der Waals surface area contributed by atoms with Crippen LogP contribution in [-0.2, 0) is 0 Å². The third-order valence-corrected chi connectivity index (χ3v) is 5.59. The Kier molecular flexibility index (Phi) is 4.10. The summed E-state index contributed by atoms with van der Waals surface area (Å²) in [5.41, 5.74) is 6.97. The molecular weight excluding hydrogens is 332 g/mol. The van der Waals surface area contributed by atoms with E-state index in [9.17, 15) is 4.79 Å². The molecule has 0 bridgehead atoms. The van der Waals surface area contributed by atoms with Gasteiger partial charge in [0.25, 0.3) is 5.56 Å². The van der Waals surface area contributed by atoms with Crippen LogP contribution in [0.4, 0.5) is 5.69 Å². The zero-order chi connectivity index (χ0) is 15.1. The van der Waals surface area contributed by atoms with Crippen molar-refractivity contribution in [3.05, 3.63) is 21.0 Å². The fraction of sp³-hybridized carbons (Fsp3) is 0.733. The maximum Gasteiger partial charge on any atom is 0.283 e. The highest BCUT2D eigenvalue weighted by atomic mass is 79.9. The molecule has 3 rings (SSSR count). The van der Waals surface area contributed by atoms with Gasteiger partial charge in [-0.3, -0.25) is 4.79 Å². The zero-order valence-corrected chi connectivity index (χ0v) is 14.2.